The first-order valence-electron chi connectivity index (χ1n) is 6.77. The average molecular weight is 285 g/mol. The Morgan fingerprint density at radius 2 is 2.14 bits per heavy atom. The Balaban J connectivity index is 1.83. The van der Waals surface area contributed by atoms with E-state index >= 15 is 0 Å². The van der Waals surface area contributed by atoms with Gasteiger partial charge in [-0.15, -0.1) is 0 Å². The molecule has 2 aromatic heterocycles. The summed E-state index contributed by atoms with van der Waals surface area (Å²) in [6.07, 6.45) is 2.28. The molecule has 3 aromatic rings. The molecule has 2 heterocycles. The molecule has 0 spiro atoms. The largest absolute Gasteiger partial charge is 0.384 e. The van der Waals surface area contributed by atoms with Crippen molar-refractivity contribution < 1.29 is 4.39 Å². The van der Waals surface area contributed by atoms with Gasteiger partial charge in [-0.05, 0) is 31.2 Å². The van der Waals surface area contributed by atoms with Gasteiger partial charge in [-0.25, -0.2) is 9.37 Å². The molecule has 0 aliphatic carbocycles. The predicted molar refractivity (Wildman–Crippen MR) is 79.6 cm³/mol. The summed E-state index contributed by atoms with van der Waals surface area (Å²) in [4.78, 5) is 8.60. The summed E-state index contributed by atoms with van der Waals surface area (Å²) in [5.74, 6) is 0.647. The van der Waals surface area contributed by atoms with Crippen LogP contribution in [0.2, 0.25) is 0 Å². The second-order valence-corrected chi connectivity index (χ2v) is 4.95. The Morgan fingerprint density at radius 3 is 2.90 bits per heavy atom. The smallest absolute Gasteiger partial charge is 0.138 e. The van der Waals surface area contributed by atoms with Crippen molar-refractivity contribution in [3.05, 3.63) is 47.9 Å². The van der Waals surface area contributed by atoms with Gasteiger partial charge in [0.15, 0.2) is 0 Å². The summed E-state index contributed by atoms with van der Waals surface area (Å²) in [5, 5.41) is 8.16. The summed E-state index contributed by atoms with van der Waals surface area (Å²) in [6.45, 7) is 2.62. The average Bonchev–Trinajstić information content (AvgIpc) is 2.85. The van der Waals surface area contributed by atoms with E-state index in [1.54, 1.807) is 10.7 Å². The lowest BCUT2D eigenvalue weighted by Crippen LogP contribution is -2.10. The van der Waals surface area contributed by atoms with Crippen LogP contribution >= 0.6 is 0 Å². The second-order valence-electron chi connectivity index (χ2n) is 4.95. The van der Waals surface area contributed by atoms with Crippen molar-refractivity contribution >= 4 is 16.6 Å². The van der Waals surface area contributed by atoms with Gasteiger partial charge in [-0.1, -0.05) is 0 Å². The van der Waals surface area contributed by atoms with Gasteiger partial charge in [0.2, 0.25) is 0 Å². The van der Waals surface area contributed by atoms with E-state index in [4.69, 9.17) is 0 Å². The Hall–Kier alpha value is -2.50. The number of anilines is 1. The molecule has 0 atom stereocenters. The maximum atomic E-state index is 13.4. The molecule has 5 nitrogen and oxygen atoms in total. The highest BCUT2D eigenvalue weighted by Gasteiger charge is 2.06. The molecule has 1 aromatic carbocycles. The quantitative estimate of drug-likeness (QED) is 0.800. The van der Waals surface area contributed by atoms with E-state index in [0.717, 1.165) is 34.5 Å². The van der Waals surface area contributed by atoms with E-state index < -0.39 is 0 Å². The van der Waals surface area contributed by atoms with Crippen LogP contribution in [-0.2, 0) is 13.5 Å². The van der Waals surface area contributed by atoms with Gasteiger partial charge in [-0.3, -0.25) is 9.67 Å². The van der Waals surface area contributed by atoms with E-state index in [2.05, 4.69) is 20.4 Å². The zero-order valence-electron chi connectivity index (χ0n) is 12.0. The molecule has 0 bridgehead atoms. The number of halogens is 1. The normalized spacial score (nSPS) is 11.0. The molecule has 108 valence electrons. The summed E-state index contributed by atoms with van der Waals surface area (Å²) in [6, 6.07) is 6.56. The molecule has 0 fully saturated rings. The van der Waals surface area contributed by atoms with Crippen molar-refractivity contribution in [2.24, 2.45) is 7.05 Å². The molecule has 6 heteroatoms. The SMILES string of the molecule is Cc1cc(NCCc2ncnn2C)c2cc(F)ccc2n1. The topological polar surface area (TPSA) is 55.6 Å². The Bertz CT molecular complexity index is 781. The molecule has 0 aliphatic rings. The van der Waals surface area contributed by atoms with Gasteiger partial charge in [0.1, 0.15) is 18.0 Å². The van der Waals surface area contributed by atoms with Gasteiger partial charge in [0.25, 0.3) is 0 Å². The summed E-state index contributed by atoms with van der Waals surface area (Å²) in [7, 11) is 1.86. The third kappa shape index (κ3) is 2.84. The van der Waals surface area contributed by atoms with Gasteiger partial charge in [0.05, 0.1) is 5.52 Å². The lowest BCUT2D eigenvalue weighted by Gasteiger charge is -2.10. The van der Waals surface area contributed by atoms with Crippen molar-refractivity contribution in [3.63, 3.8) is 0 Å². The Labute approximate surface area is 121 Å². The molecule has 21 heavy (non-hydrogen) atoms. The highest BCUT2D eigenvalue weighted by molar-refractivity contribution is 5.91. The van der Waals surface area contributed by atoms with Gasteiger partial charge >= 0.3 is 0 Å². The van der Waals surface area contributed by atoms with E-state index in [1.165, 1.54) is 18.5 Å². The molecular formula is C15H16FN5. The number of benzene rings is 1. The van der Waals surface area contributed by atoms with Crippen LogP contribution in [-0.4, -0.2) is 26.3 Å². The summed E-state index contributed by atoms with van der Waals surface area (Å²) < 4.78 is 15.2. The first-order chi connectivity index (χ1) is 10.1. The molecule has 0 amide bonds. The van der Waals surface area contributed by atoms with Crippen molar-refractivity contribution in [1.82, 2.24) is 19.7 Å². The van der Waals surface area contributed by atoms with E-state index in [0.29, 0.717) is 6.54 Å². The van der Waals surface area contributed by atoms with Crippen LogP contribution in [0.3, 0.4) is 0 Å². The molecule has 0 unspecified atom stereocenters. The number of aryl methyl sites for hydroxylation is 2. The third-order valence-corrected chi connectivity index (χ3v) is 3.37. The minimum atomic E-state index is -0.260. The number of rotatable bonds is 4. The van der Waals surface area contributed by atoms with Crippen molar-refractivity contribution in [1.29, 1.82) is 0 Å². The highest BCUT2D eigenvalue weighted by Crippen LogP contribution is 2.24. The van der Waals surface area contributed by atoms with Crippen LogP contribution in [0.4, 0.5) is 10.1 Å². The minimum absolute atomic E-state index is 0.260. The number of pyridine rings is 1. The fourth-order valence-electron chi connectivity index (χ4n) is 2.33. The summed E-state index contributed by atoms with van der Waals surface area (Å²) >= 11 is 0. The standard InChI is InChI=1S/C15H16FN5/c1-10-7-14(12-8-11(16)3-4-13(12)20-10)17-6-5-15-18-9-19-21(15)2/h3-4,7-9H,5-6H2,1-2H3,(H,17,20). The lowest BCUT2D eigenvalue weighted by molar-refractivity contribution is 0.629. The van der Waals surface area contributed by atoms with Crippen molar-refractivity contribution in [2.75, 3.05) is 11.9 Å². The maximum Gasteiger partial charge on any atom is 0.138 e. The molecular weight excluding hydrogens is 269 g/mol. The number of nitrogens with one attached hydrogen (secondary N) is 1. The van der Waals surface area contributed by atoms with Crippen molar-refractivity contribution in [3.8, 4) is 0 Å². The fraction of sp³-hybridized carbons (Fsp3) is 0.267. The van der Waals surface area contributed by atoms with Crippen LogP contribution in [0.15, 0.2) is 30.6 Å². The molecule has 0 saturated heterocycles. The van der Waals surface area contributed by atoms with Crippen LogP contribution in [0.25, 0.3) is 10.9 Å². The number of hydrogen-bond acceptors (Lipinski definition) is 4. The number of fused-ring (bicyclic) bond motifs is 1. The lowest BCUT2D eigenvalue weighted by atomic mass is 10.1. The molecule has 0 aliphatic heterocycles. The van der Waals surface area contributed by atoms with Crippen LogP contribution in [0, 0.1) is 12.7 Å². The van der Waals surface area contributed by atoms with Gasteiger partial charge < -0.3 is 5.32 Å². The van der Waals surface area contributed by atoms with Crippen LogP contribution < -0.4 is 5.32 Å². The number of hydrogen-bond donors (Lipinski definition) is 1. The molecule has 1 N–H and O–H groups in total. The fourth-order valence-corrected chi connectivity index (χ4v) is 2.33. The third-order valence-electron chi connectivity index (χ3n) is 3.37. The maximum absolute atomic E-state index is 13.4. The van der Waals surface area contributed by atoms with Crippen LogP contribution in [0.1, 0.15) is 11.5 Å². The Morgan fingerprint density at radius 1 is 1.29 bits per heavy atom. The first-order valence-corrected chi connectivity index (χ1v) is 6.77. The van der Waals surface area contributed by atoms with Crippen LogP contribution in [0.5, 0.6) is 0 Å². The number of nitrogens with zero attached hydrogens (tertiary/aromatic N) is 4. The first kappa shape index (κ1) is 13.5. The van der Waals surface area contributed by atoms with Gasteiger partial charge in [0, 0.05) is 36.8 Å². The van der Waals surface area contributed by atoms with Gasteiger partial charge in [-0.2, -0.15) is 5.10 Å². The van der Waals surface area contributed by atoms with Crippen molar-refractivity contribution in [2.45, 2.75) is 13.3 Å². The molecule has 0 radical (unpaired) electrons. The zero-order valence-corrected chi connectivity index (χ0v) is 12.0. The summed E-state index contributed by atoms with van der Waals surface area (Å²) in [5.41, 5.74) is 2.58. The van der Waals surface area contributed by atoms with E-state index in [1.807, 2.05) is 20.0 Å². The second kappa shape index (κ2) is 5.47. The van der Waals surface area contributed by atoms with E-state index in [9.17, 15) is 4.39 Å². The highest BCUT2D eigenvalue weighted by atomic mass is 19.1. The predicted octanol–water partition coefficient (Wildman–Crippen LogP) is 2.47. The zero-order chi connectivity index (χ0) is 14.8. The minimum Gasteiger partial charge on any atom is -0.384 e. The van der Waals surface area contributed by atoms with E-state index in [-0.39, 0.29) is 5.82 Å². The molecule has 0 saturated carbocycles. The molecule has 3 rings (SSSR count). The Kier molecular flexibility index (Phi) is 3.51. The monoisotopic (exact) mass is 285 g/mol. The number of aromatic nitrogens is 4.